The smallest absolute Gasteiger partial charge is 0.252 e. The number of nitrogens with one attached hydrogen (secondary N) is 1. The van der Waals surface area contributed by atoms with Crippen molar-refractivity contribution in [3.05, 3.63) is 71.0 Å². The van der Waals surface area contributed by atoms with Gasteiger partial charge < -0.3 is 10.2 Å². The summed E-state index contributed by atoms with van der Waals surface area (Å²) in [6.45, 7) is 2.84. The number of carbonyl (C=O) groups is 2. The molecule has 0 aliphatic carbocycles. The van der Waals surface area contributed by atoms with Crippen LogP contribution in [-0.2, 0) is 17.8 Å². The number of benzene rings is 2. The van der Waals surface area contributed by atoms with Crippen LogP contribution in [0.1, 0.15) is 28.4 Å². The summed E-state index contributed by atoms with van der Waals surface area (Å²) in [5.74, 6) is -1.06. The number of halogens is 1. The summed E-state index contributed by atoms with van der Waals surface area (Å²) in [6, 6.07) is 12.8. The molecule has 0 saturated heterocycles. The van der Waals surface area contributed by atoms with Gasteiger partial charge in [0.05, 0.1) is 0 Å². The molecule has 124 valence electrons. The molecule has 0 unspecified atom stereocenters. The molecule has 0 radical (unpaired) electrons. The minimum absolute atomic E-state index is 0.130. The lowest BCUT2D eigenvalue weighted by Crippen LogP contribution is -2.48. The second kappa shape index (κ2) is 6.83. The van der Waals surface area contributed by atoms with Crippen LogP contribution in [0.4, 0.5) is 4.39 Å². The summed E-state index contributed by atoms with van der Waals surface area (Å²) in [5, 5.41) is 2.65. The van der Waals surface area contributed by atoms with E-state index in [0.29, 0.717) is 13.1 Å². The molecule has 24 heavy (non-hydrogen) atoms. The Morgan fingerprint density at radius 3 is 2.62 bits per heavy atom. The highest BCUT2D eigenvalue weighted by molar-refractivity contribution is 5.97. The van der Waals surface area contributed by atoms with Crippen LogP contribution in [0, 0.1) is 5.82 Å². The van der Waals surface area contributed by atoms with Gasteiger partial charge in [-0.3, -0.25) is 9.59 Å². The molecule has 1 atom stereocenters. The molecular formula is C19H19FN2O2. The molecule has 1 heterocycles. The van der Waals surface area contributed by atoms with Crippen molar-refractivity contribution in [2.45, 2.75) is 25.9 Å². The van der Waals surface area contributed by atoms with Crippen LogP contribution in [0.2, 0.25) is 0 Å². The quantitative estimate of drug-likeness (QED) is 0.942. The van der Waals surface area contributed by atoms with Gasteiger partial charge in [0.2, 0.25) is 5.91 Å². The Balaban J connectivity index is 1.64. The van der Waals surface area contributed by atoms with E-state index in [1.54, 1.807) is 11.8 Å². The Hall–Kier alpha value is -2.69. The first-order valence-electron chi connectivity index (χ1n) is 7.96. The summed E-state index contributed by atoms with van der Waals surface area (Å²) in [5.41, 5.74) is 2.61. The first-order valence-corrected chi connectivity index (χ1v) is 7.96. The summed E-state index contributed by atoms with van der Waals surface area (Å²) in [7, 11) is 0. The first kappa shape index (κ1) is 16.2. The van der Waals surface area contributed by atoms with Crippen molar-refractivity contribution in [2.24, 2.45) is 0 Å². The number of hydrogen-bond donors (Lipinski definition) is 1. The molecule has 0 saturated carbocycles. The molecule has 3 rings (SSSR count). The fourth-order valence-electron chi connectivity index (χ4n) is 2.93. The maximum Gasteiger partial charge on any atom is 0.252 e. The minimum Gasteiger partial charge on any atom is -0.341 e. The third kappa shape index (κ3) is 3.45. The molecule has 2 aromatic carbocycles. The highest BCUT2D eigenvalue weighted by atomic mass is 19.1. The van der Waals surface area contributed by atoms with Crippen LogP contribution in [0.5, 0.6) is 0 Å². The predicted molar refractivity (Wildman–Crippen MR) is 88.9 cm³/mol. The zero-order valence-corrected chi connectivity index (χ0v) is 13.5. The summed E-state index contributed by atoms with van der Waals surface area (Å²) >= 11 is 0. The normalized spacial score (nSPS) is 14.7. The number of amides is 2. The Labute approximate surface area is 140 Å². The largest absolute Gasteiger partial charge is 0.341 e. The summed E-state index contributed by atoms with van der Waals surface area (Å²) < 4.78 is 13.2. The van der Waals surface area contributed by atoms with E-state index in [0.717, 1.165) is 18.1 Å². The lowest BCUT2D eigenvalue weighted by Gasteiger charge is -2.31. The lowest BCUT2D eigenvalue weighted by atomic mass is 9.99. The van der Waals surface area contributed by atoms with E-state index in [1.807, 2.05) is 18.2 Å². The van der Waals surface area contributed by atoms with E-state index in [4.69, 9.17) is 0 Å². The molecule has 4 nitrogen and oxygen atoms in total. The van der Waals surface area contributed by atoms with Gasteiger partial charge >= 0.3 is 0 Å². The van der Waals surface area contributed by atoms with Crippen LogP contribution in [0.25, 0.3) is 0 Å². The molecule has 2 aromatic rings. The molecule has 2 amide bonds. The fraction of sp³-hybridized carbons (Fsp3) is 0.263. The zero-order chi connectivity index (χ0) is 17.1. The van der Waals surface area contributed by atoms with E-state index < -0.39 is 17.8 Å². The Kier molecular flexibility index (Phi) is 4.60. The number of rotatable bonds is 3. The van der Waals surface area contributed by atoms with E-state index >= 15 is 0 Å². The van der Waals surface area contributed by atoms with Gasteiger partial charge in [0, 0.05) is 18.7 Å². The number of nitrogens with zero attached hydrogens (tertiary/aromatic N) is 1. The average Bonchev–Trinajstić information content (AvgIpc) is 2.60. The molecule has 5 heteroatoms. The van der Waals surface area contributed by atoms with Crippen LogP contribution in [-0.4, -0.2) is 29.3 Å². The van der Waals surface area contributed by atoms with Crippen molar-refractivity contribution in [3.8, 4) is 0 Å². The molecule has 1 aliphatic rings. The molecule has 0 spiro atoms. The minimum atomic E-state index is -0.661. The van der Waals surface area contributed by atoms with Crippen molar-refractivity contribution in [3.63, 3.8) is 0 Å². The second-order valence-electron chi connectivity index (χ2n) is 5.98. The van der Waals surface area contributed by atoms with Gasteiger partial charge in [-0.05, 0) is 42.7 Å². The molecular weight excluding hydrogens is 307 g/mol. The monoisotopic (exact) mass is 326 g/mol. The average molecular weight is 326 g/mol. The van der Waals surface area contributed by atoms with Gasteiger partial charge in [0.1, 0.15) is 11.9 Å². The third-order valence-electron chi connectivity index (χ3n) is 4.25. The van der Waals surface area contributed by atoms with Crippen LogP contribution >= 0.6 is 0 Å². The molecule has 0 aromatic heterocycles. The third-order valence-corrected chi connectivity index (χ3v) is 4.25. The molecule has 0 bridgehead atoms. The SMILES string of the molecule is C[C@H](NC(=O)c1cccc(F)c1)C(=O)N1CCc2ccccc2C1. The van der Waals surface area contributed by atoms with Crippen molar-refractivity contribution >= 4 is 11.8 Å². The van der Waals surface area contributed by atoms with Gasteiger partial charge in [-0.25, -0.2) is 4.39 Å². The Bertz CT molecular complexity index is 775. The van der Waals surface area contributed by atoms with E-state index in [9.17, 15) is 14.0 Å². The molecule has 1 N–H and O–H groups in total. The van der Waals surface area contributed by atoms with Crippen molar-refractivity contribution in [1.82, 2.24) is 10.2 Å². The Morgan fingerprint density at radius 2 is 1.88 bits per heavy atom. The fourth-order valence-corrected chi connectivity index (χ4v) is 2.93. The van der Waals surface area contributed by atoms with Gasteiger partial charge in [-0.2, -0.15) is 0 Å². The summed E-state index contributed by atoms with van der Waals surface area (Å²) in [6.07, 6.45) is 0.812. The maximum absolute atomic E-state index is 13.2. The van der Waals surface area contributed by atoms with Gasteiger partial charge in [0.15, 0.2) is 0 Å². The van der Waals surface area contributed by atoms with Crippen molar-refractivity contribution < 1.29 is 14.0 Å². The lowest BCUT2D eigenvalue weighted by molar-refractivity contribution is -0.133. The van der Waals surface area contributed by atoms with Crippen LogP contribution < -0.4 is 5.32 Å². The van der Waals surface area contributed by atoms with Crippen LogP contribution in [0.3, 0.4) is 0 Å². The zero-order valence-electron chi connectivity index (χ0n) is 13.5. The number of hydrogen-bond acceptors (Lipinski definition) is 2. The standard InChI is InChI=1S/C19H19FN2O2/c1-13(21-18(23)15-7-4-8-17(20)11-15)19(24)22-10-9-14-5-2-3-6-16(14)12-22/h2-8,11,13H,9-10,12H2,1H3,(H,21,23)/t13-/m0/s1. The van der Waals surface area contributed by atoms with E-state index in [1.165, 1.54) is 23.8 Å². The first-order chi connectivity index (χ1) is 11.5. The molecule has 1 aliphatic heterocycles. The Morgan fingerprint density at radius 1 is 1.12 bits per heavy atom. The highest BCUT2D eigenvalue weighted by Crippen LogP contribution is 2.19. The highest BCUT2D eigenvalue weighted by Gasteiger charge is 2.25. The van der Waals surface area contributed by atoms with Gasteiger partial charge in [-0.1, -0.05) is 30.3 Å². The topological polar surface area (TPSA) is 49.4 Å². The van der Waals surface area contributed by atoms with Crippen molar-refractivity contribution in [2.75, 3.05) is 6.54 Å². The van der Waals surface area contributed by atoms with Gasteiger partial charge in [0.25, 0.3) is 5.91 Å². The molecule has 0 fully saturated rings. The van der Waals surface area contributed by atoms with E-state index in [2.05, 4.69) is 11.4 Å². The van der Waals surface area contributed by atoms with Crippen LogP contribution in [0.15, 0.2) is 48.5 Å². The van der Waals surface area contributed by atoms with E-state index in [-0.39, 0.29) is 11.5 Å². The van der Waals surface area contributed by atoms with Crippen molar-refractivity contribution in [1.29, 1.82) is 0 Å². The maximum atomic E-state index is 13.2. The summed E-state index contributed by atoms with van der Waals surface area (Å²) in [4.78, 5) is 26.5. The predicted octanol–water partition coefficient (Wildman–Crippen LogP) is 2.53. The second-order valence-corrected chi connectivity index (χ2v) is 5.98. The van der Waals surface area contributed by atoms with Gasteiger partial charge in [-0.15, -0.1) is 0 Å². The number of fused-ring (bicyclic) bond motifs is 1. The number of carbonyl (C=O) groups excluding carboxylic acids is 2.